The van der Waals surface area contributed by atoms with Gasteiger partial charge in [-0.25, -0.2) is 9.97 Å². The minimum atomic E-state index is 0.330. The fourth-order valence-corrected chi connectivity index (χ4v) is 3.32. The molecule has 2 aliphatic heterocycles. The first-order chi connectivity index (χ1) is 8.70. The van der Waals surface area contributed by atoms with E-state index in [1.165, 1.54) is 32.5 Å². The topological polar surface area (TPSA) is 32.3 Å². The number of anilines is 1. The van der Waals surface area contributed by atoms with E-state index in [2.05, 4.69) is 33.6 Å². The van der Waals surface area contributed by atoms with Gasteiger partial charge in [-0.3, -0.25) is 0 Å². The van der Waals surface area contributed by atoms with Crippen LogP contribution in [0.25, 0.3) is 0 Å². The predicted octanol–water partition coefficient (Wildman–Crippen LogP) is 1.79. The molecule has 0 bridgehead atoms. The summed E-state index contributed by atoms with van der Waals surface area (Å²) in [6, 6.07) is 1.88. The van der Waals surface area contributed by atoms with Crippen LogP contribution < -0.4 is 4.90 Å². The smallest absolute Gasteiger partial charge is 0.225 e. The second-order valence-corrected chi connectivity index (χ2v) is 6.05. The molecule has 98 valence electrons. The molecule has 1 unspecified atom stereocenters. The van der Waals surface area contributed by atoms with Crippen molar-refractivity contribution in [1.29, 1.82) is 0 Å². The van der Waals surface area contributed by atoms with Crippen LogP contribution in [-0.2, 0) is 0 Å². The summed E-state index contributed by atoms with van der Waals surface area (Å²) in [4.78, 5) is 13.8. The third-order valence-corrected chi connectivity index (χ3v) is 4.20. The Morgan fingerprint density at radius 3 is 2.56 bits per heavy atom. The normalized spacial score (nSPS) is 28.1. The van der Waals surface area contributed by atoms with Gasteiger partial charge in [-0.1, -0.05) is 13.8 Å². The number of hydrogen-bond donors (Lipinski definition) is 0. The van der Waals surface area contributed by atoms with Crippen LogP contribution in [0.5, 0.6) is 0 Å². The summed E-state index contributed by atoms with van der Waals surface area (Å²) >= 11 is 0. The third-order valence-electron chi connectivity index (χ3n) is 4.20. The zero-order valence-electron chi connectivity index (χ0n) is 11.3. The molecule has 0 saturated carbocycles. The van der Waals surface area contributed by atoms with Crippen LogP contribution in [0.15, 0.2) is 18.5 Å². The van der Waals surface area contributed by atoms with Crippen molar-refractivity contribution in [1.82, 2.24) is 14.9 Å². The molecule has 0 amide bonds. The summed E-state index contributed by atoms with van der Waals surface area (Å²) in [5.74, 6) is 1.66. The first-order valence-corrected chi connectivity index (χ1v) is 6.97. The molecule has 0 aromatic carbocycles. The maximum absolute atomic E-state index is 4.40. The molecular formula is C14H22N4. The van der Waals surface area contributed by atoms with E-state index in [9.17, 15) is 0 Å². The minimum absolute atomic E-state index is 0.330. The van der Waals surface area contributed by atoms with Crippen molar-refractivity contribution in [2.24, 2.45) is 5.92 Å². The SMILES string of the molecule is CC(C)CN1CCC2(CCN2c2ncccn2)C1. The van der Waals surface area contributed by atoms with Crippen molar-refractivity contribution in [3.05, 3.63) is 18.5 Å². The van der Waals surface area contributed by atoms with Crippen molar-refractivity contribution < 1.29 is 0 Å². The summed E-state index contributed by atoms with van der Waals surface area (Å²) in [5, 5.41) is 0. The molecule has 1 spiro atoms. The Hall–Kier alpha value is -1.16. The lowest BCUT2D eigenvalue weighted by Crippen LogP contribution is -2.62. The fourth-order valence-electron chi connectivity index (χ4n) is 3.32. The van der Waals surface area contributed by atoms with Crippen LogP contribution in [0.3, 0.4) is 0 Å². The maximum Gasteiger partial charge on any atom is 0.225 e. The molecule has 0 N–H and O–H groups in total. The summed E-state index contributed by atoms with van der Waals surface area (Å²) in [7, 11) is 0. The quantitative estimate of drug-likeness (QED) is 0.814. The lowest BCUT2D eigenvalue weighted by molar-refractivity contribution is 0.233. The maximum atomic E-state index is 4.40. The monoisotopic (exact) mass is 246 g/mol. The number of rotatable bonds is 3. The molecule has 2 saturated heterocycles. The van der Waals surface area contributed by atoms with Crippen molar-refractivity contribution in [2.45, 2.75) is 32.2 Å². The first-order valence-electron chi connectivity index (χ1n) is 6.97. The van der Waals surface area contributed by atoms with E-state index in [-0.39, 0.29) is 0 Å². The Labute approximate surface area is 109 Å². The van der Waals surface area contributed by atoms with Crippen LogP contribution >= 0.6 is 0 Å². The lowest BCUT2D eigenvalue weighted by Gasteiger charge is -2.50. The van der Waals surface area contributed by atoms with Gasteiger partial charge in [-0.2, -0.15) is 0 Å². The molecule has 2 fully saturated rings. The van der Waals surface area contributed by atoms with Gasteiger partial charge in [0.2, 0.25) is 5.95 Å². The third kappa shape index (κ3) is 1.99. The van der Waals surface area contributed by atoms with E-state index in [0.29, 0.717) is 5.54 Å². The van der Waals surface area contributed by atoms with Gasteiger partial charge in [0.15, 0.2) is 0 Å². The van der Waals surface area contributed by atoms with Gasteiger partial charge in [-0.15, -0.1) is 0 Å². The molecule has 3 rings (SSSR count). The Morgan fingerprint density at radius 1 is 1.22 bits per heavy atom. The van der Waals surface area contributed by atoms with Gasteiger partial charge in [0.05, 0.1) is 5.54 Å². The van der Waals surface area contributed by atoms with Crippen LogP contribution in [-0.4, -0.2) is 46.6 Å². The number of hydrogen-bond acceptors (Lipinski definition) is 4. The Morgan fingerprint density at radius 2 is 1.94 bits per heavy atom. The highest BCUT2D eigenvalue weighted by Crippen LogP contribution is 2.40. The Kier molecular flexibility index (Phi) is 2.98. The molecule has 1 aromatic heterocycles. The molecule has 0 aliphatic carbocycles. The second kappa shape index (κ2) is 4.50. The van der Waals surface area contributed by atoms with Gasteiger partial charge < -0.3 is 9.80 Å². The van der Waals surface area contributed by atoms with Gasteiger partial charge in [0.1, 0.15) is 0 Å². The highest BCUT2D eigenvalue weighted by molar-refractivity contribution is 5.41. The van der Waals surface area contributed by atoms with Gasteiger partial charge >= 0.3 is 0 Å². The molecule has 3 heterocycles. The molecule has 18 heavy (non-hydrogen) atoms. The number of nitrogens with zero attached hydrogens (tertiary/aromatic N) is 4. The average molecular weight is 246 g/mol. The van der Waals surface area contributed by atoms with E-state index < -0.39 is 0 Å². The van der Waals surface area contributed by atoms with Crippen LogP contribution in [0, 0.1) is 5.92 Å². The van der Waals surface area contributed by atoms with Crippen LogP contribution in [0.2, 0.25) is 0 Å². The molecule has 4 nitrogen and oxygen atoms in total. The van der Waals surface area contributed by atoms with Crippen LogP contribution in [0.1, 0.15) is 26.7 Å². The van der Waals surface area contributed by atoms with Gasteiger partial charge in [0, 0.05) is 38.6 Å². The molecule has 1 aromatic rings. The Balaban J connectivity index is 1.70. The zero-order valence-corrected chi connectivity index (χ0v) is 11.3. The largest absolute Gasteiger partial charge is 0.334 e. The number of aromatic nitrogens is 2. The van der Waals surface area contributed by atoms with Crippen molar-refractivity contribution >= 4 is 5.95 Å². The van der Waals surface area contributed by atoms with Crippen LogP contribution in [0.4, 0.5) is 5.95 Å². The summed E-state index contributed by atoms with van der Waals surface area (Å²) in [5.41, 5.74) is 0.330. The predicted molar refractivity (Wildman–Crippen MR) is 72.6 cm³/mol. The summed E-state index contributed by atoms with van der Waals surface area (Å²) < 4.78 is 0. The average Bonchev–Trinajstić information content (AvgIpc) is 2.74. The standard InChI is InChI=1S/C14H22N4/c1-12(2)10-17-8-4-14(11-17)5-9-18(14)13-15-6-3-7-16-13/h3,6-7,12H,4-5,8-11H2,1-2H3. The molecule has 1 atom stereocenters. The van der Waals surface area contributed by atoms with E-state index in [1.807, 2.05) is 18.5 Å². The first kappa shape index (κ1) is 11.9. The molecular weight excluding hydrogens is 224 g/mol. The van der Waals surface area contributed by atoms with Gasteiger partial charge in [-0.05, 0) is 24.8 Å². The summed E-state index contributed by atoms with van der Waals surface area (Å²) in [6.45, 7) is 9.32. The minimum Gasteiger partial charge on any atom is -0.334 e. The highest BCUT2D eigenvalue weighted by Gasteiger charge is 2.50. The van der Waals surface area contributed by atoms with Crippen molar-refractivity contribution in [3.8, 4) is 0 Å². The number of likely N-dealkylation sites (tertiary alicyclic amines) is 1. The lowest BCUT2D eigenvalue weighted by atomic mass is 9.84. The van der Waals surface area contributed by atoms with Crippen molar-refractivity contribution in [3.63, 3.8) is 0 Å². The molecule has 0 radical (unpaired) electrons. The summed E-state index contributed by atoms with van der Waals surface area (Å²) in [6.07, 6.45) is 6.24. The fraction of sp³-hybridized carbons (Fsp3) is 0.714. The van der Waals surface area contributed by atoms with E-state index in [0.717, 1.165) is 18.4 Å². The van der Waals surface area contributed by atoms with Gasteiger partial charge in [0.25, 0.3) is 0 Å². The molecule has 4 heteroatoms. The zero-order chi connectivity index (χ0) is 12.6. The van der Waals surface area contributed by atoms with Crippen molar-refractivity contribution in [2.75, 3.05) is 31.1 Å². The second-order valence-electron chi connectivity index (χ2n) is 6.05. The van der Waals surface area contributed by atoms with E-state index >= 15 is 0 Å². The Bertz CT molecular complexity index is 406. The molecule has 2 aliphatic rings. The van der Waals surface area contributed by atoms with E-state index in [4.69, 9.17) is 0 Å². The van der Waals surface area contributed by atoms with E-state index in [1.54, 1.807) is 0 Å². The highest BCUT2D eigenvalue weighted by atomic mass is 15.4.